The molecule has 0 radical (unpaired) electrons. The highest BCUT2D eigenvalue weighted by atomic mass is 32.1. The molecular weight excluding hydrogens is 472 g/mol. The molecule has 1 heterocycles. The van der Waals surface area contributed by atoms with Gasteiger partial charge in [0, 0.05) is 16.2 Å². The van der Waals surface area contributed by atoms with E-state index in [0.29, 0.717) is 41.1 Å². The summed E-state index contributed by atoms with van der Waals surface area (Å²) in [7, 11) is 1.61. The summed E-state index contributed by atoms with van der Waals surface area (Å²) in [6, 6.07) is 30.9. The third kappa shape index (κ3) is 5.34. The first-order chi connectivity index (χ1) is 17.7. The Bertz CT molecular complexity index is 1440. The normalized spacial score (nSPS) is 10.7. The Morgan fingerprint density at radius 1 is 0.722 bits per heavy atom. The lowest BCUT2D eigenvalue weighted by atomic mass is 10.2. The van der Waals surface area contributed by atoms with Crippen LogP contribution in [0.3, 0.4) is 0 Å². The molecule has 6 heteroatoms. The number of hydrogen-bond acceptors (Lipinski definition) is 6. The number of carbonyl (C=O) groups excluding carboxylic acids is 1. The van der Waals surface area contributed by atoms with Gasteiger partial charge in [0.05, 0.1) is 7.11 Å². The second-order valence-corrected chi connectivity index (χ2v) is 9.12. The van der Waals surface area contributed by atoms with Crippen molar-refractivity contribution in [3.8, 4) is 28.7 Å². The highest BCUT2D eigenvalue weighted by Crippen LogP contribution is 2.45. The van der Waals surface area contributed by atoms with Crippen LogP contribution in [0.1, 0.15) is 20.8 Å². The first-order valence-electron chi connectivity index (χ1n) is 11.4. The van der Waals surface area contributed by atoms with E-state index < -0.39 is 0 Å². The molecule has 0 saturated heterocycles. The molecule has 1 aromatic heterocycles. The number of carbonyl (C=O) groups is 1. The van der Waals surface area contributed by atoms with E-state index >= 15 is 0 Å². The fourth-order valence-corrected chi connectivity index (χ4v) is 4.70. The van der Waals surface area contributed by atoms with Crippen LogP contribution in [0.15, 0.2) is 97.1 Å². The predicted molar refractivity (Wildman–Crippen MR) is 142 cm³/mol. The van der Waals surface area contributed by atoms with Gasteiger partial charge >= 0.3 is 0 Å². The molecule has 0 aliphatic carbocycles. The van der Waals surface area contributed by atoms with Gasteiger partial charge in [0.15, 0.2) is 23.5 Å². The number of ether oxygens (including phenoxy) is 4. The molecule has 0 N–H and O–H groups in total. The third-order valence-corrected chi connectivity index (χ3v) is 6.65. The number of methoxy groups -OCH3 is 1. The Morgan fingerprint density at radius 3 is 1.83 bits per heavy atom. The fourth-order valence-electron chi connectivity index (χ4n) is 3.74. The molecular formula is C30H24O5S. The number of rotatable bonds is 10. The van der Waals surface area contributed by atoms with E-state index in [1.807, 2.05) is 84.9 Å². The van der Waals surface area contributed by atoms with Crippen LogP contribution in [-0.4, -0.2) is 13.4 Å². The minimum absolute atomic E-state index is 0.382. The monoisotopic (exact) mass is 496 g/mol. The molecule has 0 aliphatic rings. The highest BCUT2D eigenvalue weighted by Gasteiger charge is 2.19. The molecule has 4 aromatic carbocycles. The van der Waals surface area contributed by atoms with Gasteiger partial charge in [-0.15, -0.1) is 11.3 Å². The molecule has 0 spiro atoms. The first-order valence-corrected chi connectivity index (χ1v) is 12.3. The van der Waals surface area contributed by atoms with Crippen molar-refractivity contribution in [3.05, 3.63) is 113 Å². The zero-order valence-corrected chi connectivity index (χ0v) is 20.5. The van der Waals surface area contributed by atoms with Gasteiger partial charge in [-0.3, -0.25) is 4.79 Å². The van der Waals surface area contributed by atoms with Gasteiger partial charge in [-0.1, -0.05) is 60.7 Å². The minimum Gasteiger partial charge on any atom is -0.497 e. The second-order valence-electron chi connectivity index (χ2n) is 8.03. The van der Waals surface area contributed by atoms with Gasteiger partial charge in [0.1, 0.15) is 29.6 Å². The maximum absolute atomic E-state index is 11.9. The summed E-state index contributed by atoms with van der Waals surface area (Å²) in [5, 5.41) is 0.785. The molecule has 5 rings (SSSR count). The number of benzene rings is 4. The van der Waals surface area contributed by atoms with E-state index in [0.717, 1.165) is 33.2 Å². The zero-order valence-electron chi connectivity index (χ0n) is 19.7. The standard InChI is InChI=1S/C30H24O5S/c1-32-23-12-14-24(15-13-23)35-30-25-16-26(33-19-21-8-4-2-5-9-21)27(17-28(25)36-29(30)18-31)34-20-22-10-6-3-7-11-22/h2-18H,19-20H2,1H3. The van der Waals surface area contributed by atoms with E-state index in [1.165, 1.54) is 11.3 Å². The Hall–Kier alpha value is -4.29. The van der Waals surface area contributed by atoms with Crippen molar-refractivity contribution in [1.29, 1.82) is 0 Å². The van der Waals surface area contributed by atoms with Crippen molar-refractivity contribution in [3.63, 3.8) is 0 Å². The predicted octanol–water partition coefficient (Wildman–Crippen LogP) is 7.67. The van der Waals surface area contributed by atoms with Crippen molar-refractivity contribution in [2.24, 2.45) is 0 Å². The largest absolute Gasteiger partial charge is 0.497 e. The summed E-state index contributed by atoms with van der Waals surface area (Å²) in [5.41, 5.74) is 2.09. The molecule has 0 aliphatic heterocycles. The van der Waals surface area contributed by atoms with E-state index in [1.54, 1.807) is 19.2 Å². The van der Waals surface area contributed by atoms with Crippen molar-refractivity contribution < 1.29 is 23.7 Å². The lowest BCUT2D eigenvalue weighted by Gasteiger charge is -2.14. The van der Waals surface area contributed by atoms with E-state index in [4.69, 9.17) is 18.9 Å². The maximum Gasteiger partial charge on any atom is 0.163 e. The van der Waals surface area contributed by atoms with Crippen molar-refractivity contribution in [2.45, 2.75) is 13.2 Å². The summed E-state index contributed by atoms with van der Waals surface area (Å²) in [6.07, 6.45) is 0.818. The van der Waals surface area contributed by atoms with Gasteiger partial charge in [-0.05, 0) is 41.5 Å². The van der Waals surface area contributed by atoms with Gasteiger partial charge in [0.2, 0.25) is 0 Å². The molecule has 5 aromatic rings. The summed E-state index contributed by atoms with van der Waals surface area (Å²) in [6.45, 7) is 0.780. The van der Waals surface area contributed by atoms with E-state index in [-0.39, 0.29) is 0 Å². The molecule has 0 saturated carbocycles. The van der Waals surface area contributed by atoms with Gasteiger partial charge in [-0.2, -0.15) is 0 Å². The minimum atomic E-state index is 0.382. The number of fused-ring (bicyclic) bond motifs is 1. The van der Waals surface area contributed by atoms with Crippen molar-refractivity contribution >= 4 is 27.7 Å². The summed E-state index contributed by atoms with van der Waals surface area (Å²) >= 11 is 1.36. The zero-order chi connectivity index (χ0) is 24.7. The lowest BCUT2D eigenvalue weighted by molar-refractivity contribution is 0.112. The Morgan fingerprint density at radius 2 is 1.28 bits per heavy atom. The number of thiophene rings is 1. The maximum atomic E-state index is 11.9. The third-order valence-electron chi connectivity index (χ3n) is 5.59. The molecule has 180 valence electrons. The van der Waals surface area contributed by atoms with Crippen molar-refractivity contribution in [1.82, 2.24) is 0 Å². The Balaban J connectivity index is 1.51. The number of aldehydes is 1. The smallest absolute Gasteiger partial charge is 0.163 e. The molecule has 0 unspecified atom stereocenters. The Kier molecular flexibility index (Phi) is 7.15. The van der Waals surface area contributed by atoms with Gasteiger partial charge in [-0.25, -0.2) is 0 Å². The lowest BCUT2D eigenvalue weighted by Crippen LogP contribution is -2.00. The fraction of sp³-hybridized carbons (Fsp3) is 0.100. The summed E-state index contributed by atoms with van der Waals surface area (Å²) in [5.74, 6) is 3.02. The molecule has 0 amide bonds. The van der Waals surface area contributed by atoms with Crippen LogP contribution in [0, 0.1) is 0 Å². The average Bonchev–Trinajstić information content (AvgIpc) is 3.28. The molecule has 0 fully saturated rings. The van der Waals surface area contributed by atoms with Gasteiger partial charge < -0.3 is 18.9 Å². The average molecular weight is 497 g/mol. The molecule has 5 nitrogen and oxygen atoms in total. The Labute approximate surface area is 213 Å². The summed E-state index contributed by atoms with van der Waals surface area (Å²) in [4.78, 5) is 12.4. The highest BCUT2D eigenvalue weighted by molar-refractivity contribution is 7.21. The second kappa shape index (κ2) is 11.0. The topological polar surface area (TPSA) is 54.0 Å². The van der Waals surface area contributed by atoms with Crippen LogP contribution in [0.25, 0.3) is 10.1 Å². The van der Waals surface area contributed by atoms with Crippen LogP contribution in [-0.2, 0) is 13.2 Å². The molecule has 0 atom stereocenters. The molecule has 0 bridgehead atoms. The van der Waals surface area contributed by atoms with Gasteiger partial charge in [0.25, 0.3) is 0 Å². The van der Waals surface area contributed by atoms with Crippen molar-refractivity contribution in [2.75, 3.05) is 7.11 Å². The van der Waals surface area contributed by atoms with Crippen LogP contribution in [0.5, 0.6) is 28.7 Å². The van der Waals surface area contributed by atoms with E-state index in [2.05, 4.69) is 0 Å². The SMILES string of the molecule is COc1ccc(Oc2c(C=O)sc3cc(OCc4ccccc4)c(OCc4ccccc4)cc23)cc1. The van der Waals surface area contributed by atoms with Crippen LogP contribution in [0.4, 0.5) is 0 Å². The van der Waals surface area contributed by atoms with Crippen LogP contribution >= 0.6 is 11.3 Å². The summed E-state index contributed by atoms with van der Waals surface area (Å²) < 4.78 is 24.7. The van der Waals surface area contributed by atoms with E-state index in [9.17, 15) is 4.79 Å². The van der Waals surface area contributed by atoms with Crippen LogP contribution in [0.2, 0.25) is 0 Å². The first kappa shape index (κ1) is 23.5. The molecule has 36 heavy (non-hydrogen) atoms. The van der Waals surface area contributed by atoms with Crippen LogP contribution < -0.4 is 18.9 Å². The number of hydrogen-bond donors (Lipinski definition) is 0. The quantitative estimate of drug-likeness (QED) is 0.186.